The van der Waals surface area contributed by atoms with E-state index >= 15 is 0 Å². The normalized spacial score (nSPS) is 10.7. The second-order valence-electron chi connectivity index (χ2n) is 5.18. The van der Waals surface area contributed by atoms with Gasteiger partial charge in [-0.2, -0.15) is 0 Å². The quantitative estimate of drug-likeness (QED) is 0.387. The summed E-state index contributed by atoms with van der Waals surface area (Å²) >= 11 is 3.35. The molecule has 0 aliphatic carbocycles. The van der Waals surface area contributed by atoms with Crippen molar-refractivity contribution >= 4 is 38.9 Å². The molecule has 1 heterocycles. The fourth-order valence-electron chi connectivity index (χ4n) is 2.81. The molecule has 3 aromatic rings. The number of carbonyl (C=O) groups is 1. The number of hydrogen-bond donors (Lipinski definition) is 1. The minimum atomic E-state index is -0.516. The van der Waals surface area contributed by atoms with Crippen LogP contribution in [0.4, 0.5) is 5.82 Å². The summed E-state index contributed by atoms with van der Waals surface area (Å²) in [6, 6.07) is 8.63. The molecule has 0 amide bonds. The van der Waals surface area contributed by atoms with Crippen molar-refractivity contribution in [3.05, 3.63) is 50.5 Å². The number of carbonyl (C=O) groups excluding carboxylic acids is 1. The molecule has 2 aromatic carbocycles. The summed E-state index contributed by atoms with van der Waals surface area (Å²) in [5.41, 5.74) is 1.48. The summed E-state index contributed by atoms with van der Waals surface area (Å²) in [7, 11) is 2.87. The van der Waals surface area contributed by atoms with Crippen LogP contribution in [-0.2, 0) is 0 Å². The lowest BCUT2D eigenvalue weighted by molar-refractivity contribution is -0.388. The van der Waals surface area contributed by atoms with Crippen LogP contribution in [0.25, 0.3) is 22.0 Å². The van der Waals surface area contributed by atoms with E-state index < -0.39 is 4.92 Å². The summed E-state index contributed by atoms with van der Waals surface area (Å²) in [6.45, 7) is 0. The Labute approximate surface area is 150 Å². The number of halogens is 1. The van der Waals surface area contributed by atoms with Crippen molar-refractivity contribution in [1.82, 2.24) is 4.98 Å². The SMILES string of the molecule is COc1cc(OC)c2c(-c3ccc(Br)cc3)c([N+](=O)[O-])[nH]c2c1C=O. The third-order valence-electron chi connectivity index (χ3n) is 3.90. The Hall–Kier alpha value is -2.87. The van der Waals surface area contributed by atoms with Gasteiger partial charge in [-0.25, -0.2) is 4.98 Å². The van der Waals surface area contributed by atoms with E-state index in [1.807, 2.05) is 0 Å². The van der Waals surface area contributed by atoms with Crippen LogP contribution in [0.1, 0.15) is 10.4 Å². The van der Waals surface area contributed by atoms with E-state index in [2.05, 4.69) is 20.9 Å². The maximum atomic E-state index is 11.6. The Morgan fingerprint density at radius 2 is 1.80 bits per heavy atom. The molecule has 0 aliphatic rings. The van der Waals surface area contributed by atoms with Gasteiger partial charge in [-0.3, -0.25) is 4.79 Å². The standard InChI is InChI=1S/C17H13BrN2O5/c1-24-12-7-13(25-2)15-14(9-3-5-10(18)6-4-9)17(20(22)23)19-16(15)11(12)8-21/h3-8,19H,1-2H3. The van der Waals surface area contributed by atoms with Gasteiger partial charge in [0.15, 0.2) is 11.8 Å². The monoisotopic (exact) mass is 404 g/mol. The maximum absolute atomic E-state index is 11.6. The summed E-state index contributed by atoms with van der Waals surface area (Å²) in [5, 5.41) is 12.0. The Morgan fingerprint density at radius 3 is 2.32 bits per heavy atom. The zero-order valence-corrected chi connectivity index (χ0v) is 14.9. The van der Waals surface area contributed by atoms with Gasteiger partial charge in [0.1, 0.15) is 17.1 Å². The largest absolute Gasteiger partial charge is 0.496 e. The number of nitro groups is 1. The molecule has 0 fully saturated rings. The molecule has 7 nitrogen and oxygen atoms in total. The molecule has 1 aromatic heterocycles. The van der Waals surface area contributed by atoms with Crippen molar-refractivity contribution in [2.45, 2.75) is 0 Å². The second kappa shape index (κ2) is 6.56. The first-order chi connectivity index (χ1) is 12.0. The Balaban J connectivity index is 2.49. The van der Waals surface area contributed by atoms with Gasteiger partial charge in [-0.15, -0.1) is 0 Å². The molecular weight excluding hydrogens is 392 g/mol. The van der Waals surface area contributed by atoms with E-state index in [0.717, 1.165) is 4.47 Å². The molecular formula is C17H13BrN2O5. The number of hydrogen-bond acceptors (Lipinski definition) is 5. The van der Waals surface area contributed by atoms with Crippen LogP contribution in [0.15, 0.2) is 34.8 Å². The van der Waals surface area contributed by atoms with Crippen LogP contribution >= 0.6 is 15.9 Å². The lowest BCUT2D eigenvalue weighted by atomic mass is 10.0. The van der Waals surface area contributed by atoms with E-state index in [0.29, 0.717) is 34.1 Å². The fourth-order valence-corrected chi connectivity index (χ4v) is 3.07. The molecule has 25 heavy (non-hydrogen) atoms. The summed E-state index contributed by atoms with van der Waals surface area (Å²) in [4.78, 5) is 25.4. The molecule has 0 saturated heterocycles. The van der Waals surface area contributed by atoms with E-state index in [9.17, 15) is 14.9 Å². The highest BCUT2D eigenvalue weighted by molar-refractivity contribution is 9.10. The number of aromatic amines is 1. The number of rotatable bonds is 5. The number of fused-ring (bicyclic) bond motifs is 1. The number of aldehydes is 1. The molecule has 3 rings (SSSR count). The van der Waals surface area contributed by atoms with Gasteiger partial charge in [0.2, 0.25) is 0 Å². The number of benzene rings is 2. The third kappa shape index (κ3) is 2.74. The average Bonchev–Trinajstić information content (AvgIpc) is 3.01. The average molecular weight is 405 g/mol. The highest BCUT2D eigenvalue weighted by Gasteiger charge is 2.28. The summed E-state index contributed by atoms with van der Waals surface area (Å²) in [6.07, 6.45) is 0.603. The van der Waals surface area contributed by atoms with Crippen LogP contribution in [0.5, 0.6) is 11.5 Å². The number of aromatic nitrogens is 1. The maximum Gasteiger partial charge on any atom is 0.330 e. The molecule has 0 bridgehead atoms. The molecule has 0 atom stereocenters. The molecule has 0 spiro atoms. The Kier molecular flexibility index (Phi) is 4.45. The van der Waals surface area contributed by atoms with Crippen LogP contribution in [0, 0.1) is 10.1 Å². The van der Waals surface area contributed by atoms with E-state index in [-0.39, 0.29) is 17.1 Å². The smallest absolute Gasteiger partial charge is 0.330 e. The van der Waals surface area contributed by atoms with Crippen molar-refractivity contribution in [3.8, 4) is 22.6 Å². The molecule has 0 aliphatic heterocycles. The van der Waals surface area contributed by atoms with E-state index in [1.54, 1.807) is 30.3 Å². The topological polar surface area (TPSA) is 94.5 Å². The van der Waals surface area contributed by atoms with Crippen molar-refractivity contribution in [2.75, 3.05) is 14.2 Å². The highest BCUT2D eigenvalue weighted by atomic mass is 79.9. The second-order valence-corrected chi connectivity index (χ2v) is 6.09. The lowest BCUT2D eigenvalue weighted by Crippen LogP contribution is -1.95. The van der Waals surface area contributed by atoms with Crippen molar-refractivity contribution < 1.29 is 19.2 Å². The molecule has 0 unspecified atom stereocenters. The van der Waals surface area contributed by atoms with Crippen molar-refractivity contribution in [2.24, 2.45) is 0 Å². The number of nitrogens with zero attached hydrogens (tertiary/aromatic N) is 1. The highest BCUT2D eigenvalue weighted by Crippen LogP contribution is 2.45. The molecule has 8 heteroatoms. The molecule has 0 saturated carbocycles. The summed E-state index contributed by atoms with van der Waals surface area (Å²) < 4.78 is 11.5. The van der Waals surface area contributed by atoms with Gasteiger partial charge in [-0.1, -0.05) is 28.1 Å². The zero-order valence-electron chi connectivity index (χ0n) is 13.3. The van der Waals surface area contributed by atoms with E-state index in [1.165, 1.54) is 14.2 Å². The first kappa shape index (κ1) is 17.0. The van der Waals surface area contributed by atoms with Gasteiger partial charge < -0.3 is 19.6 Å². The number of ether oxygens (including phenoxy) is 2. The van der Waals surface area contributed by atoms with Gasteiger partial charge in [0.05, 0.1) is 25.2 Å². The first-order valence-electron chi connectivity index (χ1n) is 7.18. The first-order valence-corrected chi connectivity index (χ1v) is 7.97. The van der Waals surface area contributed by atoms with E-state index in [4.69, 9.17) is 9.47 Å². The minimum Gasteiger partial charge on any atom is -0.496 e. The fraction of sp³-hybridized carbons (Fsp3) is 0.118. The van der Waals surface area contributed by atoms with Crippen molar-refractivity contribution in [1.29, 1.82) is 0 Å². The predicted octanol–water partition coefficient (Wildman–Crippen LogP) is 4.34. The van der Waals surface area contributed by atoms with Gasteiger partial charge in [-0.05, 0) is 22.6 Å². The number of methoxy groups -OCH3 is 2. The van der Waals surface area contributed by atoms with Crippen LogP contribution < -0.4 is 9.47 Å². The molecule has 1 N–H and O–H groups in total. The van der Waals surface area contributed by atoms with Crippen LogP contribution in [0.3, 0.4) is 0 Å². The van der Waals surface area contributed by atoms with Gasteiger partial charge in [0, 0.05) is 10.5 Å². The predicted molar refractivity (Wildman–Crippen MR) is 96.6 cm³/mol. The van der Waals surface area contributed by atoms with Gasteiger partial charge in [0.25, 0.3) is 0 Å². The van der Waals surface area contributed by atoms with Crippen molar-refractivity contribution in [3.63, 3.8) is 0 Å². The number of nitrogens with one attached hydrogen (secondary N) is 1. The van der Waals surface area contributed by atoms with Crippen LogP contribution in [0.2, 0.25) is 0 Å². The summed E-state index contributed by atoms with van der Waals surface area (Å²) in [5.74, 6) is 0.435. The Morgan fingerprint density at radius 1 is 1.16 bits per heavy atom. The number of H-pyrrole nitrogens is 1. The lowest BCUT2D eigenvalue weighted by Gasteiger charge is -2.09. The minimum absolute atomic E-state index is 0.199. The zero-order chi connectivity index (χ0) is 18.1. The van der Waals surface area contributed by atoms with Gasteiger partial charge >= 0.3 is 5.82 Å². The third-order valence-corrected chi connectivity index (χ3v) is 4.43. The molecule has 128 valence electrons. The molecule has 0 radical (unpaired) electrons. The van der Waals surface area contributed by atoms with Crippen LogP contribution in [-0.4, -0.2) is 30.4 Å². The Bertz CT molecular complexity index is 979.